The molecule has 2 rings (SSSR count). The number of thiocarbonyl (C=S) groups is 1. The van der Waals surface area contributed by atoms with E-state index in [1.807, 2.05) is 6.92 Å². The van der Waals surface area contributed by atoms with Crippen LogP contribution < -0.4 is 5.73 Å². The number of hydrogen-bond donors (Lipinski definition) is 1. The van der Waals surface area contributed by atoms with Crippen LogP contribution in [0.5, 0.6) is 0 Å². The summed E-state index contributed by atoms with van der Waals surface area (Å²) in [6, 6.07) is 6.65. The lowest BCUT2D eigenvalue weighted by atomic mass is 10.2. The Morgan fingerprint density at radius 2 is 2.16 bits per heavy atom. The van der Waals surface area contributed by atoms with Gasteiger partial charge in [0.25, 0.3) is 0 Å². The largest absolute Gasteiger partial charge is 0.389 e. The van der Waals surface area contributed by atoms with Gasteiger partial charge in [-0.2, -0.15) is 16.1 Å². The van der Waals surface area contributed by atoms with E-state index in [9.17, 15) is 8.42 Å². The van der Waals surface area contributed by atoms with E-state index in [1.54, 1.807) is 36.0 Å². The van der Waals surface area contributed by atoms with Crippen molar-refractivity contribution in [3.8, 4) is 0 Å². The van der Waals surface area contributed by atoms with Gasteiger partial charge >= 0.3 is 0 Å². The Kier molecular flexibility index (Phi) is 4.50. The van der Waals surface area contributed by atoms with Crippen molar-refractivity contribution in [2.24, 2.45) is 5.73 Å². The minimum absolute atomic E-state index is 0.110. The summed E-state index contributed by atoms with van der Waals surface area (Å²) in [4.78, 5) is 0.320. The monoisotopic (exact) mass is 316 g/mol. The molecule has 104 valence electrons. The zero-order valence-electron chi connectivity index (χ0n) is 10.6. The van der Waals surface area contributed by atoms with Gasteiger partial charge in [-0.15, -0.1) is 0 Å². The van der Waals surface area contributed by atoms with E-state index < -0.39 is 10.0 Å². The van der Waals surface area contributed by atoms with Crippen molar-refractivity contribution in [3.63, 3.8) is 0 Å². The van der Waals surface area contributed by atoms with Crippen LogP contribution in [0.1, 0.15) is 12.5 Å². The molecule has 2 N–H and O–H groups in total. The fraction of sp³-hybridized carbons (Fsp3) is 0.417. The van der Waals surface area contributed by atoms with Crippen molar-refractivity contribution in [1.82, 2.24) is 4.31 Å². The summed E-state index contributed by atoms with van der Waals surface area (Å²) >= 11 is 6.72. The normalized spacial score (nSPS) is 21.2. The third kappa shape index (κ3) is 3.10. The van der Waals surface area contributed by atoms with Crippen LogP contribution in [0.2, 0.25) is 0 Å². The average molecular weight is 316 g/mol. The SMILES string of the molecule is CC1CN(S(=O)(=O)c2ccccc2C(N)=S)CCS1. The van der Waals surface area contributed by atoms with E-state index in [4.69, 9.17) is 18.0 Å². The predicted octanol–water partition coefficient (Wildman–Crippen LogP) is 1.45. The molecular weight excluding hydrogens is 300 g/mol. The second-order valence-electron chi connectivity index (χ2n) is 4.40. The molecule has 0 radical (unpaired) electrons. The highest BCUT2D eigenvalue weighted by molar-refractivity contribution is 8.00. The zero-order valence-corrected chi connectivity index (χ0v) is 13.0. The van der Waals surface area contributed by atoms with Gasteiger partial charge in [0.2, 0.25) is 10.0 Å². The Balaban J connectivity index is 2.42. The topological polar surface area (TPSA) is 63.4 Å². The molecule has 0 saturated carbocycles. The van der Waals surface area contributed by atoms with Crippen LogP contribution in [0.15, 0.2) is 29.2 Å². The van der Waals surface area contributed by atoms with E-state index in [1.165, 1.54) is 4.31 Å². The first kappa shape index (κ1) is 14.8. The second kappa shape index (κ2) is 5.78. The average Bonchev–Trinajstić information content (AvgIpc) is 2.38. The van der Waals surface area contributed by atoms with Crippen molar-refractivity contribution in [1.29, 1.82) is 0 Å². The summed E-state index contributed by atoms with van der Waals surface area (Å²) in [6.45, 7) is 3.09. The van der Waals surface area contributed by atoms with E-state index >= 15 is 0 Å². The molecule has 1 aliphatic heterocycles. The van der Waals surface area contributed by atoms with Crippen molar-refractivity contribution in [2.75, 3.05) is 18.8 Å². The van der Waals surface area contributed by atoms with Crippen LogP contribution >= 0.6 is 24.0 Å². The van der Waals surface area contributed by atoms with Crippen molar-refractivity contribution in [3.05, 3.63) is 29.8 Å². The van der Waals surface area contributed by atoms with Crippen molar-refractivity contribution in [2.45, 2.75) is 17.1 Å². The van der Waals surface area contributed by atoms with E-state index in [0.717, 1.165) is 5.75 Å². The maximum Gasteiger partial charge on any atom is 0.243 e. The van der Waals surface area contributed by atoms with Crippen LogP contribution in [0.25, 0.3) is 0 Å². The predicted molar refractivity (Wildman–Crippen MR) is 83.0 cm³/mol. The summed E-state index contributed by atoms with van der Waals surface area (Å²) < 4.78 is 26.8. The van der Waals surface area contributed by atoms with Crippen LogP contribution in [0.4, 0.5) is 0 Å². The van der Waals surface area contributed by atoms with Gasteiger partial charge in [-0.3, -0.25) is 0 Å². The van der Waals surface area contributed by atoms with E-state index in [2.05, 4.69) is 0 Å². The summed E-state index contributed by atoms with van der Waals surface area (Å²) in [5, 5.41) is 0.306. The third-order valence-electron chi connectivity index (χ3n) is 2.97. The summed E-state index contributed by atoms with van der Waals surface area (Å²) in [5.74, 6) is 0.815. The van der Waals surface area contributed by atoms with Gasteiger partial charge in [0, 0.05) is 29.7 Å². The highest BCUT2D eigenvalue weighted by atomic mass is 32.2. The minimum Gasteiger partial charge on any atom is -0.389 e. The maximum absolute atomic E-state index is 12.7. The van der Waals surface area contributed by atoms with Gasteiger partial charge in [-0.1, -0.05) is 37.3 Å². The fourth-order valence-corrected chi connectivity index (χ4v) is 5.24. The smallest absolute Gasteiger partial charge is 0.243 e. The number of hydrogen-bond acceptors (Lipinski definition) is 4. The Morgan fingerprint density at radius 1 is 1.47 bits per heavy atom. The molecule has 1 fully saturated rings. The second-order valence-corrected chi connectivity index (χ2v) is 8.30. The van der Waals surface area contributed by atoms with Gasteiger partial charge in [0.15, 0.2) is 0 Å². The maximum atomic E-state index is 12.7. The Bertz CT molecular complexity index is 586. The lowest BCUT2D eigenvalue weighted by Gasteiger charge is -2.30. The van der Waals surface area contributed by atoms with Crippen molar-refractivity contribution < 1.29 is 8.42 Å². The van der Waals surface area contributed by atoms with Crippen LogP contribution in [-0.4, -0.2) is 41.8 Å². The first-order chi connectivity index (χ1) is 8.93. The molecule has 4 nitrogen and oxygen atoms in total. The molecule has 7 heteroatoms. The van der Waals surface area contributed by atoms with Crippen molar-refractivity contribution >= 4 is 39.0 Å². The number of sulfonamides is 1. The highest BCUT2D eigenvalue weighted by Gasteiger charge is 2.30. The molecule has 1 saturated heterocycles. The molecular formula is C12H16N2O2S3. The first-order valence-electron chi connectivity index (χ1n) is 5.93. The third-order valence-corrected chi connectivity index (χ3v) is 6.25. The molecule has 1 heterocycles. The molecule has 1 atom stereocenters. The number of benzene rings is 1. The molecule has 0 spiro atoms. The molecule has 0 bridgehead atoms. The number of rotatable bonds is 3. The number of nitrogens with two attached hydrogens (primary N) is 1. The molecule has 1 aromatic carbocycles. The van der Waals surface area contributed by atoms with Gasteiger partial charge in [0.05, 0.1) is 4.90 Å². The Labute approximate surface area is 123 Å². The lowest BCUT2D eigenvalue weighted by molar-refractivity contribution is 0.424. The summed E-state index contributed by atoms with van der Waals surface area (Å²) in [5.41, 5.74) is 6.03. The lowest BCUT2D eigenvalue weighted by Crippen LogP contribution is -2.41. The van der Waals surface area contributed by atoms with Crippen LogP contribution in [-0.2, 0) is 10.0 Å². The number of nitrogens with zero attached hydrogens (tertiary/aromatic N) is 1. The van der Waals surface area contributed by atoms with Crippen LogP contribution in [0, 0.1) is 0 Å². The first-order valence-corrected chi connectivity index (χ1v) is 8.83. The van der Waals surface area contributed by atoms with Gasteiger partial charge in [-0.25, -0.2) is 8.42 Å². The van der Waals surface area contributed by atoms with Gasteiger partial charge in [0.1, 0.15) is 4.99 Å². The van der Waals surface area contributed by atoms with E-state index in [0.29, 0.717) is 23.9 Å². The summed E-state index contributed by atoms with van der Waals surface area (Å²) in [6.07, 6.45) is 0. The molecule has 1 unspecified atom stereocenters. The van der Waals surface area contributed by atoms with Gasteiger partial charge in [-0.05, 0) is 6.07 Å². The minimum atomic E-state index is -3.52. The zero-order chi connectivity index (χ0) is 14.0. The van der Waals surface area contributed by atoms with Crippen LogP contribution in [0.3, 0.4) is 0 Å². The van der Waals surface area contributed by atoms with E-state index in [-0.39, 0.29) is 9.88 Å². The molecule has 19 heavy (non-hydrogen) atoms. The Hall–Kier alpha value is -0.630. The quantitative estimate of drug-likeness (QED) is 0.855. The molecule has 0 aliphatic carbocycles. The number of thioether (sulfide) groups is 1. The van der Waals surface area contributed by atoms with Gasteiger partial charge < -0.3 is 5.73 Å². The molecule has 0 aromatic heterocycles. The highest BCUT2D eigenvalue weighted by Crippen LogP contribution is 2.26. The molecule has 1 aromatic rings. The fourth-order valence-electron chi connectivity index (χ4n) is 2.04. The molecule has 0 amide bonds. The Morgan fingerprint density at radius 3 is 2.79 bits per heavy atom. The summed E-state index contributed by atoms with van der Waals surface area (Å²) in [7, 11) is -3.52. The molecule has 1 aliphatic rings. The standard InChI is InChI=1S/C12H16N2O2S3/c1-9-8-14(6-7-18-9)19(15,16)11-5-3-2-4-10(11)12(13)17/h2-5,9H,6-8H2,1H3,(H2,13,17).